The molecule has 0 aromatic carbocycles. The third kappa shape index (κ3) is 4.47. The highest BCUT2D eigenvalue weighted by Gasteiger charge is 2.90. The Morgan fingerprint density at radius 2 is 0.929 bits per heavy atom. The van der Waals surface area contributed by atoms with Crippen molar-refractivity contribution in [1.82, 2.24) is 0 Å². The maximum Gasteiger partial charge on any atom is 0.460 e. The first-order chi connectivity index (χ1) is 12.2. The molecule has 170 valence electrons. The van der Waals surface area contributed by atoms with Crippen LogP contribution in [0.2, 0.25) is 0 Å². The number of unbranched alkanes of at least 4 members (excludes halogenated alkanes) is 4. The summed E-state index contributed by atoms with van der Waals surface area (Å²) >= 11 is 0. The Labute approximate surface area is 152 Å². The summed E-state index contributed by atoms with van der Waals surface area (Å²) < 4.78 is 169. The average molecular weight is 446 g/mol. The molecule has 0 saturated heterocycles. The fourth-order valence-corrected chi connectivity index (χ4v) is 2.33. The van der Waals surface area contributed by atoms with Gasteiger partial charge < -0.3 is 0 Å². The molecule has 0 aromatic heterocycles. The van der Waals surface area contributed by atoms with E-state index in [1.165, 1.54) is 0 Å². The van der Waals surface area contributed by atoms with Crippen LogP contribution in [0.1, 0.15) is 52.4 Å². The zero-order valence-corrected chi connectivity index (χ0v) is 14.7. The van der Waals surface area contributed by atoms with Gasteiger partial charge in [-0.3, -0.25) is 0 Å². The van der Waals surface area contributed by atoms with Gasteiger partial charge in [-0.1, -0.05) is 46.0 Å². The first kappa shape index (κ1) is 27.1. The van der Waals surface area contributed by atoms with Gasteiger partial charge in [0.2, 0.25) is 0 Å². The third-order valence-corrected chi connectivity index (χ3v) is 4.32. The van der Waals surface area contributed by atoms with E-state index in [0.29, 0.717) is 19.8 Å². The monoisotopic (exact) mass is 446 g/mol. The van der Waals surface area contributed by atoms with Crippen molar-refractivity contribution < 1.29 is 57.1 Å². The molecule has 0 heterocycles. The van der Waals surface area contributed by atoms with Gasteiger partial charge in [0, 0.05) is 5.92 Å². The summed E-state index contributed by atoms with van der Waals surface area (Å²) in [6.07, 6.45) is -6.35. The van der Waals surface area contributed by atoms with Crippen molar-refractivity contribution in [2.45, 2.75) is 88.2 Å². The van der Waals surface area contributed by atoms with Crippen LogP contribution in [0.25, 0.3) is 0 Å². The second kappa shape index (κ2) is 8.45. The summed E-state index contributed by atoms with van der Waals surface area (Å²) in [7, 11) is 0. The molecule has 0 fully saturated rings. The van der Waals surface area contributed by atoms with Gasteiger partial charge in [-0.15, -0.1) is 0 Å². The molecule has 0 aromatic rings. The second-order valence-corrected chi connectivity index (χ2v) is 6.52. The lowest BCUT2D eigenvalue weighted by Crippen LogP contribution is -2.70. The number of alkyl halides is 13. The van der Waals surface area contributed by atoms with Gasteiger partial charge in [0.15, 0.2) is 0 Å². The van der Waals surface area contributed by atoms with Gasteiger partial charge in [0.05, 0.1) is 0 Å². The van der Waals surface area contributed by atoms with Crippen LogP contribution in [0.5, 0.6) is 0 Å². The van der Waals surface area contributed by atoms with E-state index in [0.717, 1.165) is 6.42 Å². The molecule has 28 heavy (non-hydrogen) atoms. The fourth-order valence-electron chi connectivity index (χ4n) is 2.33. The van der Waals surface area contributed by atoms with Gasteiger partial charge in [-0.25, -0.2) is 0 Å². The van der Waals surface area contributed by atoms with E-state index in [-0.39, 0.29) is 12.8 Å². The van der Waals surface area contributed by atoms with Crippen LogP contribution >= 0.6 is 0 Å². The Balaban J connectivity index is 5.73. The van der Waals surface area contributed by atoms with Gasteiger partial charge in [-0.2, -0.15) is 57.1 Å². The molecule has 0 spiro atoms. The Hall–Kier alpha value is -0.910. The lowest BCUT2D eigenvalue weighted by molar-refractivity contribution is -0.443. The van der Waals surface area contributed by atoms with Crippen molar-refractivity contribution in [1.29, 1.82) is 0 Å². The summed E-state index contributed by atoms with van der Waals surface area (Å²) in [6.45, 7) is 2.08. The molecular weight excluding hydrogens is 427 g/mol. The van der Waals surface area contributed by atoms with Crippen LogP contribution in [0, 0.1) is 5.92 Å². The van der Waals surface area contributed by atoms with Crippen LogP contribution in [0.15, 0.2) is 0 Å². The van der Waals surface area contributed by atoms with E-state index in [9.17, 15) is 57.1 Å². The van der Waals surface area contributed by atoms with Crippen molar-refractivity contribution in [3.8, 4) is 0 Å². The molecule has 0 aliphatic heterocycles. The van der Waals surface area contributed by atoms with E-state index in [1.54, 1.807) is 6.92 Å². The Bertz CT molecular complexity index is 493. The zero-order chi connectivity index (χ0) is 22.8. The molecule has 0 aliphatic carbocycles. The van der Waals surface area contributed by atoms with Gasteiger partial charge >= 0.3 is 35.8 Å². The summed E-state index contributed by atoms with van der Waals surface area (Å²) in [4.78, 5) is 0. The molecule has 0 rings (SSSR count). The topological polar surface area (TPSA) is 0 Å². The predicted octanol–water partition coefficient (Wildman–Crippen LogP) is 7.72. The lowest BCUT2D eigenvalue weighted by atomic mass is 9.86. The maximum atomic E-state index is 13.8. The number of rotatable bonds is 11. The van der Waals surface area contributed by atoms with Gasteiger partial charge in [0.1, 0.15) is 0 Å². The zero-order valence-electron chi connectivity index (χ0n) is 14.7. The van der Waals surface area contributed by atoms with E-state index < -0.39 is 48.1 Å². The van der Waals surface area contributed by atoms with Gasteiger partial charge in [-0.05, 0) is 6.42 Å². The SMILES string of the molecule is CCCCCCCC(C)C(F)(F)C(F)(F)C(F)(F)C(F)(F)C(F)(F)C(F)(F)F. The van der Waals surface area contributed by atoms with E-state index in [2.05, 4.69) is 0 Å². The van der Waals surface area contributed by atoms with Crippen LogP contribution in [0.4, 0.5) is 57.1 Å². The summed E-state index contributed by atoms with van der Waals surface area (Å²) in [5.74, 6) is -39.0. The number of hydrogen-bond donors (Lipinski definition) is 0. The second-order valence-electron chi connectivity index (χ2n) is 6.52. The highest BCUT2D eigenvalue weighted by atomic mass is 19.4. The van der Waals surface area contributed by atoms with Crippen LogP contribution in [0.3, 0.4) is 0 Å². The van der Waals surface area contributed by atoms with Crippen molar-refractivity contribution in [2.75, 3.05) is 0 Å². The summed E-state index contributed by atoms with van der Waals surface area (Å²) in [5.41, 5.74) is 0. The van der Waals surface area contributed by atoms with Crippen LogP contribution < -0.4 is 0 Å². The highest BCUT2D eigenvalue weighted by Crippen LogP contribution is 2.61. The average Bonchev–Trinajstić information content (AvgIpc) is 2.52. The molecule has 0 bridgehead atoms. The van der Waals surface area contributed by atoms with Crippen molar-refractivity contribution in [2.24, 2.45) is 5.92 Å². The molecule has 13 heteroatoms. The minimum atomic E-state index is -7.83. The molecule has 0 N–H and O–H groups in total. The first-order valence-corrected chi connectivity index (χ1v) is 8.19. The van der Waals surface area contributed by atoms with Crippen LogP contribution in [-0.2, 0) is 0 Å². The predicted molar refractivity (Wildman–Crippen MR) is 73.3 cm³/mol. The highest BCUT2D eigenvalue weighted by molar-refractivity contribution is 5.10. The van der Waals surface area contributed by atoms with Crippen molar-refractivity contribution >= 4 is 0 Å². The quantitative estimate of drug-likeness (QED) is 0.225. The summed E-state index contributed by atoms with van der Waals surface area (Å²) in [5, 5.41) is 0. The minimum Gasteiger partial charge on any atom is -0.199 e. The Morgan fingerprint density at radius 1 is 0.536 bits per heavy atom. The molecule has 0 saturated carbocycles. The Kier molecular flexibility index (Phi) is 8.17. The first-order valence-electron chi connectivity index (χ1n) is 8.19. The molecular formula is C15H19F13. The molecule has 0 amide bonds. The molecule has 0 nitrogen and oxygen atoms in total. The Morgan fingerprint density at radius 3 is 1.32 bits per heavy atom. The minimum absolute atomic E-state index is 0.187. The molecule has 0 radical (unpaired) electrons. The van der Waals surface area contributed by atoms with Gasteiger partial charge in [0.25, 0.3) is 0 Å². The van der Waals surface area contributed by atoms with Crippen LogP contribution in [-0.4, -0.2) is 35.8 Å². The smallest absolute Gasteiger partial charge is 0.199 e. The van der Waals surface area contributed by atoms with E-state index in [1.807, 2.05) is 0 Å². The molecule has 1 unspecified atom stereocenters. The standard InChI is InChI=1S/C15H19F13/c1-3-4-5-6-7-8-9(2)10(16,17)11(18,19)12(20,21)13(22,23)14(24,25)15(26,27)28/h9H,3-8H2,1-2H3. The summed E-state index contributed by atoms with van der Waals surface area (Å²) in [6, 6.07) is 0. The normalized spacial score (nSPS) is 16.4. The molecule has 1 atom stereocenters. The number of halogens is 13. The van der Waals surface area contributed by atoms with Crippen molar-refractivity contribution in [3.63, 3.8) is 0 Å². The molecule has 0 aliphatic rings. The largest absolute Gasteiger partial charge is 0.460 e. The lowest BCUT2D eigenvalue weighted by Gasteiger charge is -2.41. The van der Waals surface area contributed by atoms with Crippen molar-refractivity contribution in [3.05, 3.63) is 0 Å². The number of hydrogen-bond acceptors (Lipinski definition) is 0. The fraction of sp³-hybridized carbons (Fsp3) is 1.00. The van der Waals surface area contributed by atoms with E-state index in [4.69, 9.17) is 0 Å². The third-order valence-electron chi connectivity index (χ3n) is 4.32. The maximum absolute atomic E-state index is 13.8. The van der Waals surface area contributed by atoms with E-state index >= 15 is 0 Å².